The molecule has 5 heteroatoms. The SMILES string of the molecule is O=C1NC[C@]23C=C[C@H](O2)[C@@]2(O)CCCc4cccc(c42)N13. The predicted octanol–water partition coefficient (Wildman–Crippen LogP) is 1.40. The van der Waals surface area contributed by atoms with Crippen LogP contribution in [-0.2, 0) is 16.8 Å². The number of rotatable bonds is 0. The van der Waals surface area contributed by atoms with Crippen molar-refractivity contribution in [2.75, 3.05) is 11.4 Å². The number of urea groups is 1. The zero-order valence-corrected chi connectivity index (χ0v) is 11.5. The number of fused-ring (bicyclic) bond motifs is 3. The Labute approximate surface area is 122 Å². The Kier molecular flexibility index (Phi) is 1.95. The van der Waals surface area contributed by atoms with Crippen molar-refractivity contribution in [1.82, 2.24) is 5.32 Å². The molecule has 1 spiro atoms. The Morgan fingerprint density at radius 1 is 1.43 bits per heavy atom. The average Bonchev–Trinajstić information content (AvgIpc) is 3.02. The summed E-state index contributed by atoms with van der Waals surface area (Å²) in [6, 6.07) is 5.76. The summed E-state index contributed by atoms with van der Waals surface area (Å²) >= 11 is 0. The molecule has 1 fully saturated rings. The number of aliphatic hydroxyl groups is 1. The fourth-order valence-corrected chi connectivity index (χ4v) is 4.31. The predicted molar refractivity (Wildman–Crippen MR) is 75.9 cm³/mol. The minimum absolute atomic E-state index is 0.163. The van der Waals surface area contributed by atoms with Gasteiger partial charge in [-0.3, -0.25) is 4.90 Å². The third-order valence-electron chi connectivity index (χ3n) is 5.21. The summed E-state index contributed by atoms with van der Waals surface area (Å²) in [6.45, 7) is 0.415. The largest absolute Gasteiger partial charge is 0.382 e. The van der Waals surface area contributed by atoms with Crippen molar-refractivity contribution in [3.05, 3.63) is 41.5 Å². The molecule has 2 amide bonds. The first-order chi connectivity index (χ1) is 10.1. The average molecular weight is 284 g/mol. The molecule has 3 atom stereocenters. The highest BCUT2D eigenvalue weighted by atomic mass is 16.6. The molecule has 0 unspecified atom stereocenters. The van der Waals surface area contributed by atoms with Crippen molar-refractivity contribution < 1.29 is 14.6 Å². The van der Waals surface area contributed by atoms with Crippen LogP contribution in [0.3, 0.4) is 0 Å². The van der Waals surface area contributed by atoms with Gasteiger partial charge in [-0.2, -0.15) is 0 Å². The van der Waals surface area contributed by atoms with E-state index < -0.39 is 17.4 Å². The highest BCUT2D eigenvalue weighted by Crippen LogP contribution is 2.52. The molecule has 0 radical (unpaired) electrons. The highest BCUT2D eigenvalue weighted by Gasteiger charge is 2.59. The first kappa shape index (κ1) is 11.8. The van der Waals surface area contributed by atoms with Crippen molar-refractivity contribution in [1.29, 1.82) is 0 Å². The van der Waals surface area contributed by atoms with E-state index in [1.807, 2.05) is 30.4 Å². The Balaban J connectivity index is 1.87. The lowest BCUT2D eigenvalue weighted by Gasteiger charge is -2.38. The molecule has 1 aromatic rings. The minimum Gasteiger partial charge on any atom is -0.382 e. The quantitative estimate of drug-likeness (QED) is 0.708. The number of carbonyl (C=O) groups is 1. The molecule has 2 bridgehead atoms. The maximum Gasteiger partial charge on any atom is 0.324 e. The smallest absolute Gasteiger partial charge is 0.324 e. The number of hydrogen-bond donors (Lipinski definition) is 2. The molecule has 3 heterocycles. The van der Waals surface area contributed by atoms with E-state index in [4.69, 9.17) is 4.74 Å². The lowest BCUT2D eigenvalue weighted by molar-refractivity contribution is -0.123. The molecule has 21 heavy (non-hydrogen) atoms. The number of carbonyl (C=O) groups excluding carboxylic acids is 1. The van der Waals surface area contributed by atoms with Gasteiger partial charge in [0.05, 0.1) is 12.2 Å². The fourth-order valence-electron chi connectivity index (χ4n) is 4.31. The van der Waals surface area contributed by atoms with Gasteiger partial charge in [-0.1, -0.05) is 18.2 Å². The van der Waals surface area contributed by atoms with Crippen LogP contribution >= 0.6 is 0 Å². The van der Waals surface area contributed by atoms with Crippen molar-refractivity contribution in [3.8, 4) is 0 Å². The Morgan fingerprint density at radius 3 is 3.24 bits per heavy atom. The summed E-state index contributed by atoms with van der Waals surface area (Å²) in [5.41, 5.74) is 0.973. The second-order valence-corrected chi connectivity index (χ2v) is 6.33. The summed E-state index contributed by atoms with van der Waals surface area (Å²) in [4.78, 5) is 14.0. The molecule has 1 aromatic carbocycles. The molecular formula is C16H16N2O3. The molecule has 2 N–H and O–H groups in total. The van der Waals surface area contributed by atoms with Gasteiger partial charge in [-0.05, 0) is 37.0 Å². The van der Waals surface area contributed by atoms with Crippen LogP contribution in [0.2, 0.25) is 0 Å². The monoisotopic (exact) mass is 284 g/mol. The van der Waals surface area contributed by atoms with Crippen LogP contribution in [-0.4, -0.2) is 29.5 Å². The number of amides is 2. The summed E-state index contributed by atoms with van der Waals surface area (Å²) in [5, 5.41) is 14.2. The van der Waals surface area contributed by atoms with Crippen molar-refractivity contribution in [3.63, 3.8) is 0 Å². The number of nitrogens with zero attached hydrogens (tertiary/aromatic N) is 1. The number of benzene rings is 1. The van der Waals surface area contributed by atoms with Crippen molar-refractivity contribution in [2.45, 2.75) is 36.7 Å². The van der Waals surface area contributed by atoms with E-state index in [1.165, 1.54) is 0 Å². The second kappa shape index (κ2) is 3.48. The fraction of sp³-hybridized carbons (Fsp3) is 0.438. The molecule has 0 aromatic heterocycles. The molecule has 5 nitrogen and oxygen atoms in total. The number of aryl methyl sites for hydroxylation is 1. The molecule has 5 rings (SSSR count). The lowest BCUT2D eigenvalue weighted by atomic mass is 9.74. The van der Waals surface area contributed by atoms with E-state index >= 15 is 0 Å². The van der Waals surface area contributed by atoms with Gasteiger partial charge < -0.3 is 15.2 Å². The van der Waals surface area contributed by atoms with Gasteiger partial charge in [-0.15, -0.1) is 0 Å². The van der Waals surface area contributed by atoms with Crippen LogP contribution < -0.4 is 10.2 Å². The molecule has 3 aliphatic heterocycles. The van der Waals surface area contributed by atoms with Crippen LogP contribution in [0.15, 0.2) is 30.4 Å². The van der Waals surface area contributed by atoms with Gasteiger partial charge in [0.15, 0.2) is 5.72 Å². The molecule has 1 saturated heterocycles. The first-order valence-corrected chi connectivity index (χ1v) is 7.44. The van der Waals surface area contributed by atoms with Crippen LogP contribution in [0, 0.1) is 0 Å². The van der Waals surface area contributed by atoms with E-state index in [0.29, 0.717) is 13.0 Å². The minimum atomic E-state index is -1.03. The van der Waals surface area contributed by atoms with Gasteiger partial charge in [0.25, 0.3) is 0 Å². The maximum atomic E-state index is 12.4. The van der Waals surface area contributed by atoms with E-state index in [1.54, 1.807) is 4.90 Å². The number of ether oxygens (including phenoxy) is 1. The third-order valence-corrected chi connectivity index (χ3v) is 5.21. The topological polar surface area (TPSA) is 61.8 Å². The summed E-state index contributed by atoms with van der Waals surface area (Å²) < 4.78 is 6.16. The summed E-state index contributed by atoms with van der Waals surface area (Å²) in [5.74, 6) is 0. The van der Waals surface area contributed by atoms with Crippen LogP contribution in [0.5, 0.6) is 0 Å². The normalized spacial score (nSPS) is 38.8. The Morgan fingerprint density at radius 2 is 2.33 bits per heavy atom. The van der Waals surface area contributed by atoms with Crippen LogP contribution in [0.4, 0.5) is 10.5 Å². The molecule has 108 valence electrons. The zero-order valence-electron chi connectivity index (χ0n) is 11.5. The maximum absolute atomic E-state index is 12.4. The lowest BCUT2D eigenvalue weighted by Crippen LogP contribution is -2.47. The van der Waals surface area contributed by atoms with E-state index in [2.05, 4.69) is 5.32 Å². The third kappa shape index (κ3) is 1.23. The zero-order chi connectivity index (χ0) is 14.2. The van der Waals surface area contributed by atoms with Gasteiger partial charge >= 0.3 is 6.03 Å². The first-order valence-electron chi connectivity index (χ1n) is 7.44. The van der Waals surface area contributed by atoms with Gasteiger partial charge in [-0.25, -0.2) is 4.79 Å². The van der Waals surface area contributed by atoms with Gasteiger partial charge in [0.2, 0.25) is 0 Å². The van der Waals surface area contributed by atoms with E-state index in [0.717, 1.165) is 29.7 Å². The Hall–Kier alpha value is -1.85. The number of anilines is 1. The van der Waals surface area contributed by atoms with Gasteiger partial charge in [0.1, 0.15) is 11.7 Å². The summed E-state index contributed by atoms with van der Waals surface area (Å²) in [7, 11) is 0. The van der Waals surface area contributed by atoms with Crippen LogP contribution in [0.1, 0.15) is 24.0 Å². The summed E-state index contributed by atoms with van der Waals surface area (Å²) in [6.07, 6.45) is 5.97. The Bertz CT molecular complexity index is 701. The number of hydrogen-bond acceptors (Lipinski definition) is 3. The standard InChI is InChI=1S/C16H16N2O3/c19-14-17-9-15-8-6-12(21-15)16(20)7-2-4-10-3-1-5-11(13(10)16)18(14)15/h1,3,5-6,8,12,20H,2,4,7,9H2,(H,17,19)/t12-,15-,16-/m0/s1. The van der Waals surface area contributed by atoms with Gasteiger partial charge in [0, 0.05) is 5.56 Å². The number of nitrogens with one attached hydrogen (secondary N) is 1. The van der Waals surface area contributed by atoms with Crippen molar-refractivity contribution in [2.24, 2.45) is 0 Å². The van der Waals surface area contributed by atoms with Crippen LogP contribution in [0.25, 0.3) is 0 Å². The second-order valence-electron chi connectivity index (χ2n) is 6.33. The molecule has 4 aliphatic rings. The van der Waals surface area contributed by atoms with Crippen molar-refractivity contribution >= 4 is 11.7 Å². The molecular weight excluding hydrogens is 268 g/mol. The molecule has 1 aliphatic carbocycles. The highest BCUT2D eigenvalue weighted by molar-refractivity contribution is 5.98. The van der Waals surface area contributed by atoms with E-state index in [9.17, 15) is 9.90 Å². The molecule has 0 saturated carbocycles. The van der Waals surface area contributed by atoms with E-state index in [-0.39, 0.29) is 6.03 Å².